The summed E-state index contributed by atoms with van der Waals surface area (Å²) in [5, 5.41) is 65.7. The third kappa shape index (κ3) is 2.74. The number of nitro groups is 2. The van der Waals surface area contributed by atoms with Gasteiger partial charge in [-0.1, -0.05) is 0 Å². The SMILES string of the molecule is O=C[C@H](O)[C@@H](O)[C@H](O)[C@H](O)C(O)([N+](=O)[O-])[N+](=O)[O-]. The summed E-state index contributed by atoms with van der Waals surface area (Å²) in [6, 6.07) is 0. The van der Waals surface area contributed by atoms with E-state index in [4.69, 9.17) is 25.5 Å². The van der Waals surface area contributed by atoms with Crippen LogP contribution in [-0.2, 0) is 4.79 Å². The van der Waals surface area contributed by atoms with Crippen LogP contribution >= 0.6 is 0 Å². The first kappa shape index (κ1) is 16.3. The van der Waals surface area contributed by atoms with Crippen LogP contribution in [0.3, 0.4) is 0 Å². The van der Waals surface area contributed by atoms with Crippen LogP contribution in [0.15, 0.2) is 0 Å². The summed E-state index contributed by atoms with van der Waals surface area (Å²) in [4.78, 5) is 26.9. The number of aliphatic hydroxyl groups excluding tert-OH is 4. The van der Waals surface area contributed by atoms with Crippen LogP contribution in [0, 0.1) is 20.2 Å². The number of carbonyl (C=O) groups excluding carboxylic acids is 1. The summed E-state index contributed by atoms with van der Waals surface area (Å²) in [5.74, 6) is -4.19. The normalized spacial score (nSPS) is 18.5. The average molecular weight is 270 g/mol. The molecule has 0 aliphatic rings. The fraction of sp³-hybridized carbons (Fsp3) is 0.833. The van der Waals surface area contributed by atoms with Crippen molar-refractivity contribution in [2.24, 2.45) is 0 Å². The maximum absolute atomic E-state index is 10.3. The molecule has 104 valence electrons. The Morgan fingerprint density at radius 2 is 1.39 bits per heavy atom. The molecule has 5 N–H and O–H groups in total. The summed E-state index contributed by atoms with van der Waals surface area (Å²) in [6.45, 7) is 0. The summed E-state index contributed by atoms with van der Waals surface area (Å²) >= 11 is 0. The van der Waals surface area contributed by atoms with Gasteiger partial charge in [0.05, 0.1) is 0 Å². The van der Waals surface area contributed by atoms with Gasteiger partial charge in [-0.2, -0.15) is 0 Å². The molecule has 0 aliphatic heterocycles. The van der Waals surface area contributed by atoms with Crippen molar-refractivity contribution in [2.45, 2.75) is 30.3 Å². The van der Waals surface area contributed by atoms with Crippen molar-refractivity contribution in [2.75, 3.05) is 0 Å². The lowest BCUT2D eigenvalue weighted by molar-refractivity contribution is -0.858. The first-order chi connectivity index (χ1) is 8.10. The smallest absolute Gasteiger partial charge is 0.387 e. The zero-order chi connectivity index (χ0) is 14.7. The minimum absolute atomic E-state index is 0.280. The Labute approximate surface area is 98.0 Å². The third-order valence-corrected chi connectivity index (χ3v) is 2.10. The Bertz CT molecular complexity index is 331. The molecule has 0 heterocycles. The van der Waals surface area contributed by atoms with Crippen LogP contribution in [0.5, 0.6) is 0 Å². The molecule has 0 bridgehead atoms. The van der Waals surface area contributed by atoms with Crippen LogP contribution in [0.4, 0.5) is 0 Å². The van der Waals surface area contributed by atoms with Crippen molar-refractivity contribution in [3.8, 4) is 0 Å². The first-order valence-corrected chi connectivity index (χ1v) is 4.29. The topological polar surface area (TPSA) is 204 Å². The second-order valence-electron chi connectivity index (χ2n) is 3.25. The van der Waals surface area contributed by atoms with E-state index < -0.39 is 40.1 Å². The lowest BCUT2D eigenvalue weighted by atomic mass is 10.0. The molecular formula is C6H10N2O10. The Kier molecular flexibility index (Phi) is 5.19. The maximum Gasteiger partial charge on any atom is 0.605 e. The van der Waals surface area contributed by atoms with E-state index in [1.54, 1.807) is 0 Å². The second-order valence-corrected chi connectivity index (χ2v) is 3.25. The number of aliphatic hydroxyl groups is 5. The molecule has 12 heteroatoms. The number of aldehydes is 1. The van der Waals surface area contributed by atoms with Crippen molar-refractivity contribution in [1.82, 2.24) is 0 Å². The van der Waals surface area contributed by atoms with E-state index >= 15 is 0 Å². The van der Waals surface area contributed by atoms with Gasteiger partial charge < -0.3 is 25.2 Å². The Morgan fingerprint density at radius 3 is 1.67 bits per heavy atom. The predicted molar refractivity (Wildman–Crippen MR) is 49.0 cm³/mol. The molecule has 12 nitrogen and oxygen atoms in total. The Morgan fingerprint density at radius 1 is 1.00 bits per heavy atom. The number of nitrogens with zero attached hydrogens (tertiary/aromatic N) is 2. The van der Waals surface area contributed by atoms with E-state index in [0.717, 1.165) is 0 Å². The minimum atomic E-state index is -4.19. The van der Waals surface area contributed by atoms with E-state index in [0.29, 0.717) is 0 Å². The highest BCUT2D eigenvalue weighted by Gasteiger charge is 2.66. The number of rotatable bonds is 7. The van der Waals surface area contributed by atoms with Gasteiger partial charge >= 0.3 is 5.85 Å². The van der Waals surface area contributed by atoms with Gasteiger partial charge in [0.1, 0.15) is 28.2 Å². The molecule has 0 aromatic rings. The molecule has 0 radical (unpaired) electrons. The molecule has 0 aliphatic carbocycles. The van der Waals surface area contributed by atoms with E-state index in [1.165, 1.54) is 0 Å². The van der Waals surface area contributed by atoms with Crippen molar-refractivity contribution >= 4 is 6.29 Å². The molecule has 0 unspecified atom stereocenters. The van der Waals surface area contributed by atoms with Gasteiger partial charge in [-0.25, -0.2) is 0 Å². The van der Waals surface area contributed by atoms with Crippen LogP contribution in [0.2, 0.25) is 0 Å². The first-order valence-electron chi connectivity index (χ1n) is 4.29. The largest absolute Gasteiger partial charge is 0.605 e. The fourth-order valence-electron chi connectivity index (χ4n) is 0.981. The van der Waals surface area contributed by atoms with Crippen LogP contribution in [-0.4, -0.2) is 71.9 Å². The molecule has 0 amide bonds. The number of hydrogen-bond acceptors (Lipinski definition) is 10. The molecule has 0 saturated carbocycles. The highest BCUT2D eigenvalue weighted by Crippen LogP contribution is 2.18. The van der Waals surface area contributed by atoms with Gasteiger partial charge in [-0.05, 0) is 0 Å². The van der Waals surface area contributed by atoms with E-state index in [1.807, 2.05) is 0 Å². The molecule has 0 fully saturated rings. The minimum Gasteiger partial charge on any atom is -0.387 e. The van der Waals surface area contributed by atoms with Crippen LogP contribution in [0.1, 0.15) is 0 Å². The lowest BCUT2D eigenvalue weighted by Gasteiger charge is -2.25. The highest BCUT2D eigenvalue weighted by molar-refractivity contribution is 5.56. The van der Waals surface area contributed by atoms with Gasteiger partial charge in [-0.3, -0.25) is 25.3 Å². The molecule has 0 aromatic heterocycles. The van der Waals surface area contributed by atoms with Gasteiger partial charge in [0.2, 0.25) is 0 Å². The molecule has 18 heavy (non-hydrogen) atoms. The predicted octanol–water partition coefficient (Wildman–Crippen LogP) is -4.17. The highest BCUT2D eigenvalue weighted by atomic mass is 16.7. The molecule has 0 saturated heterocycles. The van der Waals surface area contributed by atoms with E-state index in [9.17, 15) is 25.0 Å². The summed E-state index contributed by atoms with van der Waals surface area (Å²) in [7, 11) is 0. The zero-order valence-electron chi connectivity index (χ0n) is 8.56. The molecule has 0 aromatic carbocycles. The average Bonchev–Trinajstić information content (AvgIpc) is 2.33. The number of hydrogen-bond donors (Lipinski definition) is 5. The quantitative estimate of drug-likeness (QED) is 0.130. The number of carbonyl (C=O) groups is 1. The summed E-state index contributed by atoms with van der Waals surface area (Å²) in [5.41, 5.74) is 0. The fourth-order valence-corrected chi connectivity index (χ4v) is 0.981. The van der Waals surface area contributed by atoms with Crippen LogP contribution in [0.25, 0.3) is 0 Å². The molecule has 0 rings (SSSR count). The summed E-state index contributed by atoms with van der Waals surface area (Å²) < 4.78 is 0. The molecule has 4 atom stereocenters. The van der Waals surface area contributed by atoms with Crippen molar-refractivity contribution < 1.29 is 40.2 Å². The zero-order valence-corrected chi connectivity index (χ0v) is 8.56. The monoisotopic (exact) mass is 270 g/mol. The van der Waals surface area contributed by atoms with Crippen molar-refractivity contribution in [3.05, 3.63) is 20.2 Å². The third-order valence-electron chi connectivity index (χ3n) is 2.10. The summed E-state index contributed by atoms with van der Waals surface area (Å²) in [6.07, 6.45) is -10.8. The lowest BCUT2D eigenvalue weighted by Crippen LogP contribution is -2.63. The Hall–Kier alpha value is -1.73. The van der Waals surface area contributed by atoms with Gasteiger partial charge in [0.25, 0.3) is 6.10 Å². The van der Waals surface area contributed by atoms with E-state index in [-0.39, 0.29) is 6.29 Å². The molecule has 0 spiro atoms. The maximum atomic E-state index is 10.3. The van der Waals surface area contributed by atoms with Crippen LogP contribution < -0.4 is 0 Å². The Balaban J connectivity index is 5.23. The second kappa shape index (κ2) is 5.74. The van der Waals surface area contributed by atoms with Gasteiger partial charge in [-0.15, -0.1) is 0 Å². The van der Waals surface area contributed by atoms with Crippen molar-refractivity contribution in [1.29, 1.82) is 0 Å². The van der Waals surface area contributed by atoms with Crippen molar-refractivity contribution in [3.63, 3.8) is 0 Å². The van der Waals surface area contributed by atoms with Gasteiger partial charge in [0, 0.05) is 0 Å². The standard InChI is InChI=1S/C6H10N2O10/c9-1-2(10)3(11)4(12)5(13)6(14,7(15)16)8(17)18/h1-5,10-14H/t2-,3+,4-,5-/m0/s1. The molecular weight excluding hydrogens is 260 g/mol. The van der Waals surface area contributed by atoms with Gasteiger partial charge in [0.15, 0.2) is 6.29 Å². The van der Waals surface area contributed by atoms with E-state index in [2.05, 4.69) is 0 Å².